The van der Waals surface area contributed by atoms with Crippen LogP contribution in [0.15, 0.2) is 140 Å². The van der Waals surface area contributed by atoms with E-state index < -0.39 is 0 Å². The standard InChI is InChI=1S/C41H38N2/c1-6-7-10-21-35(30-42(4)41-28-31(2)24-26-39(41)34-19-13-9-14-20-34)37-27-25-36(29-32(37)3)43(5)40-23-16-15-22-38(40)33-17-11-8-12-18-33/h1,8-30H,7H2,2-5H3/b21-10-,35-30+. The summed E-state index contributed by atoms with van der Waals surface area (Å²) in [4.78, 5) is 4.49. The van der Waals surface area contributed by atoms with Crippen LogP contribution in [-0.2, 0) is 0 Å². The van der Waals surface area contributed by atoms with Gasteiger partial charge in [-0.05, 0) is 71.5 Å². The van der Waals surface area contributed by atoms with Crippen molar-refractivity contribution in [1.29, 1.82) is 0 Å². The zero-order chi connectivity index (χ0) is 30.2. The van der Waals surface area contributed by atoms with Crippen LogP contribution in [0.1, 0.15) is 23.1 Å². The smallest absolute Gasteiger partial charge is 0.0487 e. The van der Waals surface area contributed by atoms with E-state index in [-0.39, 0.29) is 0 Å². The Labute approximate surface area is 257 Å². The molecule has 0 aliphatic rings. The van der Waals surface area contributed by atoms with Gasteiger partial charge in [-0.15, -0.1) is 12.3 Å². The molecule has 0 unspecified atom stereocenters. The number of anilines is 3. The highest BCUT2D eigenvalue weighted by Gasteiger charge is 2.14. The lowest BCUT2D eigenvalue weighted by molar-refractivity contribution is 1.19. The van der Waals surface area contributed by atoms with Gasteiger partial charge < -0.3 is 9.80 Å². The van der Waals surface area contributed by atoms with Gasteiger partial charge in [-0.25, -0.2) is 0 Å². The monoisotopic (exact) mass is 558 g/mol. The lowest BCUT2D eigenvalue weighted by atomic mass is 9.98. The van der Waals surface area contributed by atoms with Crippen LogP contribution in [0.3, 0.4) is 0 Å². The van der Waals surface area contributed by atoms with Crippen LogP contribution >= 0.6 is 0 Å². The minimum absolute atomic E-state index is 0.580. The molecule has 0 atom stereocenters. The van der Waals surface area contributed by atoms with Crippen molar-refractivity contribution >= 4 is 22.6 Å². The van der Waals surface area contributed by atoms with E-state index >= 15 is 0 Å². The average molecular weight is 559 g/mol. The Hall–Kier alpha value is -5.26. The van der Waals surface area contributed by atoms with Crippen molar-refractivity contribution in [2.24, 2.45) is 0 Å². The van der Waals surface area contributed by atoms with Gasteiger partial charge >= 0.3 is 0 Å². The SMILES string of the molecule is C#CC/C=C\C(=C/N(C)c1cc(C)ccc1-c1ccccc1)c1ccc(N(C)c2ccccc2-c2ccccc2)cc1C. The highest BCUT2D eigenvalue weighted by molar-refractivity contribution is 5.85. The fraction of sp³-hybridized carbons (Fsp3) is 0.122. The highest BCUT2D eigenvalue weighted by Crippen LogP contribution is 2.36. The van der Waals surface area contributed by atoms with E-state index in [1.165, 1.54) is 38.9 Å². The van der Waals surface area contributed by atoms with Crippen molar-refractivity contribution in [2.45, 2.75) is 20.3 Å². The predicted molar refractivity (Wildman–Crippen MR) is 187 cm³/mol. The fourth-order valence-electron chi connectivity index (χ4n) is 5.48. The lowest BCUT2D eigenvalue weighted by Gasteiger charge is -2.24. The first-order chi connectivity index (χ1) is 21.0. The van der Waals surface area contributed by atoms with Crippen LogP contribution in [0.25, 0.3) is 27.8 Å². The highest BCUT2D eigenvalue weighted by atomic mass is 15.1. The van der Waals surface area contributed by atoms with Crippen molar-refractivity contribution in [3.8, 4) is 34.6 Å². The lowest BCUT2D eigenvalue weighted by Crippen LogP contribution is -2.12. The first-order valence-corrected chi connectivity index (χ1v) is 14.7. The van der Waals surface area contributed by atoms with Crippen LogP contribution in [0.2, 0.25) is 0 Å². The van der Waals surface area contributed by atoms with Gasteiger partial charge in [0.15, 0.2) is 0 Å². The van der Waals surface area contributed by atoms with Gasteiger partial charge in [-0.2, -0.15) is 0 Å². The first kappa shape index (κ1) is 29.2. The molecule has 0 aromatic heterocycles. The quantitative estimate of drug-likeness (QED) is 0.131. The molecule has 0 radical (unpaired) electrons. The van der Waals surface area contributed by atoms with Gasteiger partial charge in [0, 0.05) is 54.9 Å². The summed E-state index contributed by atoms with van der Waals surface area (Å²) in [7, 11) is 4.25. The second kappa shape index (κ2) is 13.6. The second-order valence-electron chi connectivity index (χ2n) is 10.8. The van der Waals surface area contributed by atoms with E-state index in [1.54, 1.807) is 0 Å². The molecular weight excluding hydrogens is 520 g/mol. The minimum Gasteiger partial charge on any atom is -0.350 e. The van der Waals surface area contributed by atoms with E-state index in [2.05, 4.69) is 183 Å². The van der Waals surface area contributed by atoms with Crippen LogP contribution in [-0.4, -0.2) is 14.1 Å². The molecule has 0 spiro atoms. The van der Waals surface area contributed by atoms with Crippen LogP contribution in [0.5, 0.6) is 0 Å². The maximum absolute atomic E-state index is 5.60. The normalized spacial score (nSPS) is 11.4. The molecule has 2 heteroatoms. The number of rotatable bonds is 9. The minimum atomic E-state index is 0.580. The number of hydrogen-bond donors (Lipinski definition) is 0. The Bertz CT molecular complexity index is 1790. The summed E-state index contributed by atoms with van der Waals surface area (Å²) in [5, 5.41) is 0. The summed E-state index contributed by atoms with van der Waals surface area (Å²) in [5.74, 6) is 2.74. The number of aryl methyl sites for hydroxylation is 2. The largest absolute Gasteiger partial charge is 0.350 e. The third-order valence-corrected chi connectivity index (χ3v) is 7.74. The van der Waals surface area contributed by atoms with Crippen molar-refractivity contribution in [2.75, 3.05) is 23.9 Å². The van der Waals surface area contributed by atoms with Crippen molar-refractivity contribution in [3.63, 3.8) is 0 Å². The molecule has 0 amide bonds. The Kier molecular flexibility index (Phi) is 9.25. The summed E-state index contributed by atoms with van der Waals surface area (Å²) in [6.07, 6.45) is 12.6. The molecule has 0 saturated carbocycles. The van der Waals surface area contributed by atoms with Crippen molar-refractivity contribution < 1.29 is 0 Å². The molecule has 0 heterocycles. The van der Waals surface area contributed by atoms with Crippen LogP contribution in [0.4, 0.5) is 17.1 Å². The molecule has 5 aromatic carbocycles. The number of hydrogen-bond acceptors (Lipinski definition) is 2. The topological polar surface area (TPSA) is 6.48 Å². The van der Waals surface area contributed by atoms with E-state index in [0.717, 1.165) is 22.6 Å². The van der Waals surface area contributed by atoms with Crippen LogP contribution < -0.4 is 9.80 Å². The summed E-state index contributed by atoms with van der Waals surface area (Å²) in [5.41, 5.74) is 12.9. The van der Waals surface area contributed by atoms with E-state index in [1.807, 2.05) is 0 Å². The molecule has 0 aliphatic carbocycles. The Balaban J connectivity index is 1.52. The molecule has 0 fully saturated rings. The molecular formula is C41H38N2. The third-order valence-electron chi connectivity index (χ3n) is 7.74. The summed E-state index contributed by atoms with van der Waals surface area (Å²) in [6, 6.07) is 43.0. The number of nitrogens with zero attached hydrogens (tertiary/aromatic N) is 2. The first-order valence-electron chi connectivity index (χ1n) is 14.7. The Morgan fingerprint density at radius 3 is 1.98 bits per heavy atom. The zero-order valence-electron chi connectivity index (χ0n) is 25.5. The average Bonchev–Trinajstić information content (AvgIpc) is 3.05. The maximum Gasteiger partial charge on any atom is 0.0487 e. The molecule has 5 rings (SSSR count). The van der Waals surface area contributed by atoms with E-state index in [9.17, 15) is 0 Å². The Morgan fingerprint density at radius 1 is 0.698 bits per heavy atom. The van der Waals surface area contributed by atoms with Gasteiger partial charge in [-0.3, -0.25) is 0 Å². The van der Waals surface area contributed by atoms with Gasteiger partial charge in [-0.1, -0.05) is 109 Å². The summed E-state index contributed by atoms with van der Waals surface area (Å²) >= 11 is 0. The zero-order valence-corrected chi connectivity index (χ0v) is 25.5. The third kappa shape index (κ3) is 6.80. The molecule has 212 valence electrons. The molecule has 5 aromatic rings. The number of allylic oxidation sites excluding steroid dienone is 3. The second-order valence-corrected chi connectivity index (χ2v) is 10.8. The van der Waals surface area contributed by atoms with Gasteiger partial charge in [0.25, 0.3) is 0 Å². The van der Waals surface area contributed by atoms with Crippen LogP contribution in [0, 0.1) is 26.2 Å². The van der Waals surface area contributed by atoms with Gasteiger partial charge in [0.1, 0.15) is 0 Å². The summed E-state index contributed by atoms with van der Waals surface area (Å²) in [6.45, 7) is 4.32. The molecule has 43 heavy (non-hydrogen) atoms. The summed E-state index contributed by atoms with van der Waals surface area (Å²) < 4.78 is 0. The molecule has 0 saturated heterocycles. The molecule has 0 bridgehead atoms. The fourth-order valence-corrected chi connectivity index (χ4v) is 5.48. The van der Waals surface area contributed by atoms with E-state index in [0.29, 0.717) is 6.42 Å². The maximum atomic E-state index is 5.60. The van der Waals surface area contributed by atoms with Crippen molar-refractivity contribution in [1.82, 2.24) is 0 Å². The van der Waals surface area contributed by atoms with Crippen molar-refractivity contribution in [3.05, 3.63) is 156 Å². The molecule has 0 aliphatic heterocycles. The van der Waals surface area contributed by atoms with Gasteiger partial charge in [0.05, 0.1) is 0 Å². The number of terminal acetylenes is 1. The molecule has 0 N–H and O–H groups in total. The predicted octanol–water partition coefficient (Wildman–Crippen LogP) is 10.5. The number of benzene rings is 5. The number of para-hydroxylation sites is 1. The Morgan fingerprint density at radius 2 is 1.33 bits per heavy atom. The van der Waals surface area contributed by atoms with Gasteiger partial charge in [0.2, 0.25) is 0 Å². The molecule has 2 nitrogen and oxygen atoms in total. The van der Waals surface area contributed by atoms with E-state index in [4.69, 9.17) is 6.42 Å².